The molecule has 1 aromatic heterocycles. The van der Waals surface area contributed by atoms with Gasteiger partial charge in [-0.2, -0.15) is 0 Å². The number of amides is 1. The van der Waals surface area contributed by atoms with E-state index in [4.69, 9.17) is 5.73 Å². The van der Waals surface area contributed by atoms with Crippen LogP contribution in [0.4, 0.5) is 0 Å². The molecule has 1 heterocycles. The quantitative estimate of drug-likeness (QED) is 0.849. The summed E-state index contributed by atoms with van der Waals surface area (Å²) >= 11 is 3.34. The summed E-state index contributed by atoms with van der Waals surface area (Å²) in [6.07, 6.45) is 3.33. The lowest BCUT2D eigenvalue weighted by molar-refractivity contribution is -0.120. The largest absolute Gasteiger partial charge is 0.369 e. The molecule has 2 rings (SSSR count). The van der Waals surface area contributed by atoms with Crippen LogP contribution in [0.2, 0.25) is 0 Å². The Balaban J connectivity index is 2.41. The first-order valence-corrected chi connectivity index (χ1v) is 4.86. The molecule has 68 valence electrons. The maximum absolute atomic E-state index is 11.2. The maximum Gasteiger partial charge on any atom is 0.229 e. The highest BCUT2D eigenvalue weighted by atomic mass is 79.9. The van der Waals surface area contributed by atoms with E-state index in [2.05, 4.69) is 20.9 Å². The van der Waals surface area contributed by atoms with Gasteiger partial charge in [-0.1, -0.05) is 15.9 Å². The SMILES string of the molecule is NC(=O)C1(c2cc(Br)ccn2)CC1. The van der Waals surface area contributed by atoms with Gasteiger partial charge in [0.2, 0.25) is 5.91 Å². The van der Waals surface area contributed by atoms with Gasteiger partial charge in [0.1, 0.15) is 0 Å². The average Bonchev–Trinajstić information content (AvgIpc) is 2.83. The molecule has 1 amide bonds. The molecule has 0 bridgehead atoms. The molecular weight excluding hydrogens is 232 g/mol. The molecule has 1 aliphatic carbocycles. The van der Waals surface area contributed by atoms with Crippen LogP contribution < -0.4 is 5.73 Å². The van der Waals surface area contributed by atoms with Crippen LogP contribution in [0.5, 0.6) is 0 Å². The van der Waals surface area contributed by atoms with E-state index in [9.17, 15) is 4.79 Å². The number of nitrogens with zero attached hydrogens (tertiary/aromatic N) is 1. The summed E-state index contributed by atoms with van der Waals surface area (Å²) in [4.78, 5) is 15.3. The number of nitrogens with two attached hydrogens (primary N) is 1. The predicted molar refractivity (Wildman–Crippen MR) is 52.0 cm³/mol. The van der Waals surface area contributed by atoms with E-state index < -0.39 is 5.41 Å². The molecule has 3 nitrogen and oxygen atoms in total. The van der Waals surface area contributed by atoms with Crippen molar-refractivity contribution in [1.82, 2.24) is 4.98 Å². The summed E-state index contributed by atoms with van der Waals surface area (Å²) in [6.45, 7) is 0. The summed E-state index contributed by atoms with van der Waals surface area (Å²) in [6, 6.07) is 3.69. The molecule has 1 saturated carbocycles. The average molecular weight is 241 g/mol. The van der Waals surface area contributed by atoms with Gasteiger partial charge < -0.3 is 5.73 Å². The lowest BCUT2D eigenvalue weighted by Gasteiger charge is -2.09. The van der Waals surface area contributed by atoms with Crippen LogP contribution in [-0.2, 0) is 10.2 Å². The van der Waals surface area contributed by atoms with Gasteiger partial charge in [0.05, 0.1) is 11.1 Å². The molecule has 0 atom stereocenters. The van der Waals surface area contributed by atoms with Gasteiger partial charge in [0.25, 0.3) is 0 Å². The van der Waals surface area contributed by atoms with Gasteiger partial charge in [-0.25, -0.2) is 0 Å². The zero-order valence-electron chi connectivity index (χ0n) is 6.96. The second-order valence-corrected chi connectivity index (χ2v) is 4.22. The third-order valence-corrected chi connectivity index (χ3v) is 2.93. The Morgan fingerprint density at radius 3 is 2.77 bits per heavy atom. The fraction of sp³-hybridized carbons (Fsp3) is 0.333. The van der Waals surface area contributed by atoms with E-state index in [-0.39, 0.29) is 5.91 Å². The van der Waals surface area contributed by atoms with Crippen molar-refractivity contribution in [2.24, 2.45) is 5.73 Å². The van der Waals surface area contributed by atoms with Crippen molar-refractivity contribution in [3.63, 3.8) is 0 Å². The fourth-order valence-electron chi connectivity index (χ4n) is 1.42. The molecule has 0 radical (unpaired) electrons. The number of rotatable bonds is 2. The molecule has 1 fully saturated rings. The first-order valence-electron chi connectivity index (χ1n) is 4.07. The minimum absolute atomic E-state index is 0.266. The van der Waals surface area contributed by atoms with E-state index in [1.54, 1.807) is 6.20 Å². The molecular formula is C9H9BrN2O. The third kappa shape index (κ3) is 1.35. The Labute approximate surface area is 84.5 Å². The topological polar surface area (TPSA) is 56.0 Å². The van der Waals surface area contributed by atoms with Crippen LogP contribution in [0, 0.1) is 0 Å². The van der Waals surface area contributed by atoms with Gasteiger partial charge in [-0.05, 0) is 25.0 Å². The van der Waals surface area contributed by atoms with Gasteiger partial charge in [0, 0.05) is 10.7 Å². The highest BCUT2D eigenvalue weighted by Gasteiger charge is 2.51. The van der Waals surface area contributed by atoms with E-state index >= 15 is 0 Å². The normalized spacial score (nSPS) is 18.2. The first-order chi connectivity index (χ1) is 6.15. The lowest BCUT2D eigenvalue weighted by Crippen LogP contribution is -2.29. The molecule has 13 heavy (non-hydrogen) atoms. The Kier molecular flexibility index (Phi) is 1.87. The lowest BCUT2D eigenvalue weighted by atomic mass is 10.0. The van der Waals surface area contributed by atoms with E-state index in [1.807, 2.05) is 12.1 Å². The van der Waals surface area contributed by atoms with Crippen molar-refractivity contribution in [3.05, 3.63) is 28.5 Å². The van der Waals surface area contributed by atoms with Crippen LogP contribution >= 0.6 is 15.9 Å². The van der Waals surface area contributed by atoms with Crippen LogP contribution in [0.3, 0.4) is 0 Å². The van der Waals surface area contributed by atoms with Gasteiger partial charge in [-0.3, -0.25) is 9.78 Å². The number of halogens is 1. The first kappa shape index (κ1) is 8.69. The van der Waals surface area contributed by atoms with Crippen molar-refractivity contribution in [1.29, 1.82) is 0 Å². The molecule has 2 N–H and O–H groups in total. The molecule has 1 aliphatic rings. The Hall–Kier alpha value is -0.900. The maximum atomic E-state index is 11.2. The number of pyridine rings is 1. The Morgan fingerprint density at radius 1 is 1.62 bits per heavy atom. The number of aromatic nitrogens is 1. The van der Waals surface area contributed by atoms with Gasteiger partial charge in [-0.15, -0.1) is 0 Å². The standard InChI is InChI=1S/C9H9BrN2O/c10-6-1-4-12-7(5-6)9(2-3-9)8(11)13/h1,4-5H,2-3H2,(H2,11,13). The van der Waals surface area contributed by atoms with Crippen molar-refractivity contribution in [2.75, 3.05) is 0 Å². The number of hydrogen-bond acceptors (Lipinski definition) is 2. The van der Waals surface area contributed by atoms with Crippen LogP contribution in [-0.4, -0.2) is 10.9 Å². The number of hydrogen-bond donors (Lipinski definition) is 1. The Morgan fingerprint density at radius 2 is 2.31 bits per heavy atom. The van der Waals surface area contributed by atoms with E-state index in [0.717, 1.165) is 23.0 Å². The minimum Gasteiger partial charge on any atom is -0.369 e. The van der Waals surface area contributed by atoms with Crippen molar-refractivity contribution in [3.8, 4) is 0 Å². The fourth-order valence-corrected chi connectivity index (χ4v) is 1.76. The van der Waals surface area contributed by atoms with Crippen molar-refractivity contribution in [2.45, 2.75) is 18.3 Å². The van der Waals surface area contributed by atoms with Crippen LogP contribution in [0.15, 0.2) is 22.8 Å². The number of carbonyl (C=O) groups is 1. The summed E-state index contributed by atoms with van der Waals surface area (Å²) in [5.41, 5.74) is 5.64. The molecule has 0 aromatic carbocycles. The van der Waals surface area contributed by atoms with Crippen molar-refractivity contribution >= 4 is 21.8 Å². The third-order valence-electron chi connectivity index (χ3n) is 2.43. The highest BCUT2D eigenvalue weighted by molar-refractivity contribution is 9.10. The predicted octanol–water partition coefficient (Wildman–Crippen LogP) is 1.36. The molecule has 1 aromatic rings. The second-order valence-electron chi connectivity index (χ2n) is 3.31. The summed E-state index contributed by atoms with van der Waals surface area (Å²) in [5, 5.41) is 0. The molecule has 0 saturated heterocycles. The Bertz CT molecular complexity index is 360. The van der Waals surface area contributed by atoms with Gasteiger partial charge in [0.15, 0.2) is 0 Å². The van der Waals surface area contributed by atoms with Crippen molar-refractivity contribution < 1.29 is 4.79 Å². The molecule has 4 heteroatoms. The minimum atomic E-state index is -0.468. The highest BCUT2D eigenvalue weighted by Crippen LogP contribution is 2.47. The summed E-state index contributed by atoms with van der Waals surface area (Å²) < 4.78 is 0.935. The van der Waals surface area contributed by atoms with Gasteiger partial charge >= 0.3 is 0 Å². The number of primary amides is 1. The molecule has 0 unspecified atom stereocenters. The zero-order chi connectivity index (χ0) is 9.47. The molecule has 0 spiro atoms. The molecule has 0 aliphatic heterocycles. The van der Waals surface area contributed by atoms with Crippen LogP contribution in [0.1, 0.15) is 18.5 Å². The van der Waals surface area contributed by atoms with E-state index in [0.29, 0.717) is 0 Å². The number of carbonyl (C=O) groups excluding carboxylic acids is 1. The summed E-state index contributed by atoms with van der Waals surface area (Å²) in [7, 11) is 0. The summed E-state index contributed by atoms with van der Waals surface area (Å²) in [5.74, 6) is -0.266. The van der Waals surface area contributed by atoms with Crippen LogP contribution in [0.25, 0.3) is 0 Å². The van der Waals surface area contributed by atoms with E-state index in [1.165, 1.54) is 0 Å². The monoisotopic (exact) mass is 240 g/mol. The smallest absolute Gasteiger partial charge is 0.229 e. The zero-order valence-corrected chi connectivity index (χ0v) is 8.54. The second kappa shape index (κ2) is 2.80.